The summed E-state index contributed by atoms with van der Waals surface area (Å²) >= 11 is 0. The number of carbonyl (C=O) groups excluding carboxylic acids is 3. The summed E-state index contributed by atoms with van der Waals surface area (Å²) in [5.41, 5.74) is 3.49. The molecule has 5 heteroatoms. The highest BCUT2D eigenvalue weighted by molar-refractivity contribution is 6.35. The Kier molecular flexibility index (Phi) is 4.99. The molecule has 1 aliphatic heterocycles. The number of fused-ring (bicyclic) bond motifs is 1. The first-order valence-corrected chi connectivity index (χ1v) is 10.3. The van der Waals surface area contributed by atoms with E-state index in [1.807, 2.05) is 32.0 Å². The van der Waals surface area contributed by atoms with E-state index < -0.39 is 0 Å². The summed E-state index contributed by atoms with van der Waals surface area (Å²) in [6, 6.07) is 10.6. The van der Waals surface area contributed by atoms with Crippen LogP contribution in [-0.4, -0.2) is 23.8 Å². The van der Waals surface area contributed by atoms with Gasteiger partial charge in [-0.3, -0.25) is 14.4 Å². The molecule has 150 valence electrons. The molecule has 4 rings (SSSR count). The lowest BCUT2D eigenvalue weighted by atomic mass is 9.86. The maximum absolute atomic E-state index is 13.1. The number of anilines is 1. The number of imide groups is 1. The van der Waals surface area contributed by atoms with Crippen molar-refractivity contribution in [2.75, 3.05) is 4.90 Å². The molecule has 1 heterocycles. The van der Waals surface area contributed by atoms with Gasteiger partial charge in [0, 0.05) is 11.6 Å². The van der Waals surface area contributed by atoms with Gasteiger partial charge in [0.25, 0.3) is 17.7 Å². The number of benzene rings is 2. The standard InChI is InChI=1S/C24H26N2O3/c1-14-8-9-16(3)21(12-14)26-23(28)18-11-10-17(13-19(18)24(26)29)22(27)25-20-7-5-4-6-15(20)2/h8-13,15,20H,4-7H2,1-3H3,(H,25,27). The van der Waals surface area contributed by atoms with Crippen LogP contribution < -0.4 is 10.2 Å². The second-order valence-electron chi connectivity index (χ2n) is 8.34. The maximum Gasteiger partial charge on any atom is 0.266 e. The minimum Gasteiger partial charge on any atom is -0.349 e. The molecule has 1 fully saturated rings. The summed E-state index contributed by atoms with van der Waals surface area (Å²) < 4.78 is 0. The van der Waals surface area contributed by atoms with Crippen LogP contribution in [0.4, 0.5) is 5.69 Å². The molecule has 2 aliphatic rings. The average Bonchev–Trinajstić information content (AvgIpc) is 2.95. The summed E-state index contributed by atoms with van der Waals surface area (Å²) in [4.78, 5) is 40.0. The fraction of sp³-hybridized carbons (Fsp3) is 0.375. The summed E-state index contributed by atoms with van der Waals surface area (Å²) in [6.07, 6.45) is 4.43. The molecule has 3 amide bonds. The number of aryl methyl sites for hydroxylation is 2. The second-order valence-corrected chi connectivity index (χ2v) is 8.34. The van der Waals surface area contributed by atoms with E-state index >= 15 is 0 Å². The van der Waals surface area contributed by atoms with Gasteiger partial charge in [-0.1, -0.05) is 31.9 Å². The van der Waals surface area contributed by atoms with Crippen molar-refractivity contribution in [1.29, 1.82) is 0 Å². The van der Waals surface area contributed by atoms with Gasteiger partial charge in [-0.25, -0.2) is 4.90 Å². The van der Waals surface area contributed by atoms with Gasteiger partial charge in [-0.2, -0.15) is 0 Å². The molecule has 2 aromatic carbocycles. The first kappa shape index (κ1) is 19.4. The van der Waals surface area contributed by atoms with Crippen molar-refractivity contribution in [1.82, 2.24) is 5.32 Å². The van der Waals surface area contributed by atoms with Gasteiger partial charge in [0.2, 0.25) is 0 Å². The maximum atomic E-state index is 13.1. The van der Waals surface area contributed by atoms with E-state index in [2.05, 4.69) is 12.2 Å². The molecular formula is C24H26N2O3. The highest BCUT2D eigenvalue weighted by Gasteiger charge is 2.38. The highest BCUT2D eigenvalue weighted by Crippen LogP contribution is 2.32. The Bertz CT molecular complexity index is 1010. The zero-order valence-electron chi connectivity index (χ0n) is 17.1. The number of nitrogens with one attached hydrogen (secondary N) is 1. The normalized spacial score (nSPS) is 21.3. The first-order valence-electron chi connectivity index (χ1n) is 10.3. The second kappa shape index (κ2) is 7.47. The van der Waals surface area contributed by atoms with Gasteiger partial charge >= 0.3 is 0 Å². The van der Waals surface area contributed by atoms with E-state index in [4.69, 9.17) is 0 Å². The summed E-state index contributed by atoms with van der Waals surface area (Å²) in [5.74, 6) is -0.451. The molecule has 29 heavy (non-hydrogen) atoms. The lowest BCUT2D eigenvalue weighted by Crippen LogP contribution is -2.41. The Hall–Kier alpha value is -2.95. The number of amides is 3. The number of nitrogens with zero attached hydrogens (tertiary/aromatic N) is 1. The van der Waals surface area contributed by atoms with Gasteiger partial charge in [-0.05, 0) is 68.0 Å². The molecule has 0 radical (unpaired) electrons. The van der Waals surface area contributed by atoms with Crippen LogP contribution in [-0.2, 0) is 0 Å². The van der Waals surface area contributed by atoms with Crippen LogP contribution in [0.15, 0.2) is 36.4 Å². The lowest BCUT2D eigenvalue weighted by Gasteiger charge is -2.29. The van der Waals surface area contributed by atoms with Crippen LogP contribution in [0.1, 0.15) is 74.8 Å². The topological polar surface area (TPSA) is 66.5 Å². The van der Waals surface area contributed by atoms with Crippen molar-refractivity contribution in [2.45, 2.75) is 52.5 Å². The fourth-order valence-corrected chi connectivity index (χ4v) is 4.34. The van der Waals surface area contributed by atoms with Crippen LogP contribution in [0, 0.1) is 19.8 Å². The summed E-state index contributed by atoms with van der Waals surface area (Å²) in [7, 11) is 0. The number of hydrogen-bond donors (Lipinski definition) is 1. The molecule has 1 aliphatic carbocycles. The Morgan fingerprint density at radius 3 is 2.45 bits per heavy atom. The van der Waals surface area contributed by atoms with E-state index in [-0.39, 0.29) is 23.8 Å². The van der Waals surface area contributed by atoms with Crippen molar-refractivity contribution in [3.63, 3.8) is 0 Å². The predicted octanol–water partition coefficient (Wildman–Crippen LogP) is 4.41. The monoisotopic (exact) mass is 390 g/mol. The Balaban J connectivity index is 1.61. The van der Waals surface area contributed by atoms with Gasteiger partial charge in [-0.15, -0.1) is 0 Å². The average molecular weight is 390 g/mol. The minimum absolute atomic E-state index is 0.160. The molecule has 2 atom stereocenters. The minimum atomic E-state index is -0.376. The number of rotatable bonds is 3. The molecule has 5 nitrogen and oxygen atoms in total. The molecule has 1 N–H and O–H groups in total. The van der Waals surface area contributed by atoms with Crippen molar-refractivity contribution in [3.8, 4) is 0 Å². The number of carbonyl (C=O) groups is 3. The van der Waals surface area contributed by atoms with Crippen molar-refractivity contribution >= 4 is 23.4 Å². The smallest absolute Gasteiger partial charge is 0.266 e. The third-order valence-corrected chi connectivity index (χ3v) is 6.18. The van der Waals surface area contributed by atoms with Crippen LogP contribution >= 0.6 is 0 Å². The Morgan fingerprint density at radius 1 is 0.966 bits per heavy atom. The molecule has 1 saturated carbocycles. The molecule has 2 aromatic rings. The zero-order chi connectivity index (χ0) is 20.7. The largest absolute Gasteiger partial charge is 0.349 e. The van der Waals surface area contributed by atoms with E-state index in [9.17, 15) is 14.4 Å². The van der Waals surface area contributed by atoms with Crippen LogP contribution in [0.5, 0.6) is 0 Å². The van der Waals surface area contributed by atoms with Crippen molar-refractivity contribution < 1.29 is 14.4 Å². The SMILES string of the molecule is Cc1ccc(C)c(N2C(=O)c3ccc(C(=O)NC4CCCCC4C)cc3C2=O)c1. The molecule has 0 spiro atoms. The number of hydrogen-bond acceptors (Lipinski definition) is 3. The van der Waals surface area contributed by atoms with Gasteiger partial charge in [0.05, 0.1) is 16.8 Å². The molecular weight excluding hydrogens is 364 g/mol. The van der Waals surface area contributed by atoms with E-state index in [1.165, 1.54) is 11.3 Å². The van der Waals surface area contributed by atoms with Crippen LogP contribution in [0.3, 0.4) is 0 Å². The third-order valence-electron chi connectivity index (χ3n) is 6.18. The van der Waals surface area contributed by atoms with Gasteiger partial charge < -0.3 is 5.32 Å². The highest BCUT2D eigenvalue weighted by atomic mass is 16.2. The zero-order valence-corrected chi connectivity index (χ0v) is 17.1. The fourth-order valence-electron chi connectivity index (χ4n) is 4.34. The first-order chi connectivity index (χ1) is 13.9. The Morgan fingerprint density at radius 2 is 1.69 bits per heavy atom. The van der Waals surface area contributed by atoms with Crippen molar-refractivity contribution in [3.05, 3.63) is 64.2 Å². The Labute approximate surface area is 171 Å². The van der Waals surface area contributed by atoms with E-state index in [0.29, 0.717) is 28.3 Å². The van der Waals surface area contributed by atoms with Crippen LogP contribution in [0.25, 0.3) is 0 Å². The summed E-state index contributed by atoms with van der Waals surface area (Å²) in [6.45, 7) is 5.97. The quantitative estimate of drug-likeness (QED) is 0.790. The van der Waals surface area contributed by atoms with Gasteiger partial charge in [0.15, 0.2) is 0 Å². The molecule has 2 unspecified atom stereocenters. The predicted molar refractivity (Wildman–Crippen MR) is 112 cm³/mol. The van der Waals surface area contributed by atoms with E-state index in [0.717, 1.165) is 30.4 Å². The molecule has 0 bridgehead atoms. The summed E-state index contributed by atoms with van der Waals surface area (Å²) in [5, 5.41) is 3.11. The lowest BCUT2D eigenvalue weighted by molar-refractivity contribution is 0.0906. The van der Waals surface area contributed by atoms with Crippen molar-refractivity contribution in [2.24, 2.45) is 5.92 Å². The van der Waals surface area contributed by atoms with E-state index in [1.54, 1.807) is 18.2 Å². The molecule has 0 aromatic heterocycles. The third kappa shape index (κ3) is 3.46. The van der Waals surface area contributed by atoms with Gasteiger partial charge in [0.1, 0.15) is 0 Å². The van der Waals surface area contributed by atoms with Crippen LogP contribution in [0.2, 0.25) is 0 Å². The molecule has 0 saturated heterocycles.